The van der Waals surface area contributed by atoms with Crippen molar-refractivity contribution in [3.05, 3.63) is 0 Å². The summed E-state index contributed by atoms with van der Waals surface area (Å²) in [5.41, 5.74) is 0. The zero-order chi connectivity index (χ0) is 10.7. The molecule has 0 N–H and O–H groups in total. The first-order valence-electron chi connectivity index (χ1n) is 5.92. The summed E-state index contributed by atoms with van der Waals surface area (Å²) in [4.78, 5) is 16.2. The van der Waals surface area contributed by atoms with Crippen LogP contribution in [-0.4, -0.2) is 53.3 Å². The number of hydrogen-bond acceptors (Lipinski definition) is 2. The van der Waals surface area contributed by atoms with E-state index in [2.05, 4.69) is 20.8 Å². The number of halogens is 1. The van der Waals surface area contributed by atoms with E-state index in [4.69, 9.17) is 0 Å². The fraction of sp³-hybridized carbons (Fsp3) is 0.909. The minimum Gasteiger partial charge on any atom is -0.342 e. The molecule has 2 heterocycles. The Morgan fingerprint density at radius 2 is 1.93 bits per heavy atom. The van der Waals surface area contributed by atoms with Crippen LogP contribution >= 0.6 is 15.9 Å². The number of carbonyl (C=O) groups excluding carboxylic acids is 1. The number of rotatable bonds is 4. The zero-order valence-corrected chi connectivity index (χ0v) is 10.7. The largest absolute Gasteiger partial charge is 0.342 e. The van der Waals surface area contributed by atoms with Gasteiger partial charge in [-0.1, -0.05) is 15.9 Å². The number of likely N-dealkylation sites (tertiary alicyclic amines) is 2. The molecule has 2 fully saturated rings. The summed E-state index contributed by atoms with van der Waals surface area (Å²) < 4.78 is 0. The summed E-state index contributed by atoms with van der Waals surface area (Å²) >= 11 is 3.40. The Morgan fingerprint density at radius 3 is 2.53 bits per heavy atom. The molecule has 0 bridgehead atoms. The van der Waals surface area contributed by atoms with Gasteiger partial charge in [0.2, 0.25) is 5.91 Å². The highest BCUT2D eigenvalue weighted by Crippen LogP contribution is 2.18. The van der Waals surface area contributed by atoms with Gasteiger partial charge in [0.1, 0.15) is 0 Å². The van der Waals surface area contributed by atoms with E-state index >= 15 is 0 Å². The summed E-state index contributed by atoms with van der Waals surface area (Å²) in [7, 11) is 0. The normalized spacial score (nSPS) is 27.9. The van der Waals surface area contributed by atoms with Crippen molar-refractivity contribution >= 4 is 21.8 Å². The van der Waals surface area contributed by atoms with Crippen molar-refractivity contribution in [2.75, 3.05) is 32.7 Å². The molecule has 1 amide bonds. The molecule has 0 spiro atoms. The number of hydrogen-bond donors (Lipinski definition) is 0. The summed E-state index contributed by atoms with van der Waals surface area (Å²) in [6.45, 7) is 5.56. The first-order valence-corrected chi connectivity index (χ1v) is 6.84. The molecule has 3 nitrogen and oxygen atoms in total. The predicted molar refractivity (Wildman–Crippen MR) is 64.2 cm³/mol. The smallest absolute Gasteiger partial charge is 0.236 e. The van der Waals surface area contributed by atoms with Crippen molar-refractivity contribution in [1.29, 1.82) is 0 Å². The van der Waals surface area contributed by atoms with E-state index in [9.17, 15) is 4.79 Å². The first-order chi connectivity index (χ1) is 7.27. The third kappa shape index (κ3) is 2.94. The van der Waals surface area contributed by atoms with Crippen LogP contribution in [0.1, 0.15) is 25.7 Å². The molecule has 2 saturated heterocycles. The topological polar surface area (TPSA) is 23.6 Å². The highest BCUT2D eigenvalue weighted by Gasteiger charge is 2.28. The van der Waals surface area contributed by atoms with Crippen LogP contribution in [-0.2, 0) is 4.79 Å². The van der Waals surface area contributed by atoms with Gasteiger partial charge in [0, 0.05) is 13.1 Å². The van der Waals surface area contributed by atoms with Crippen molar-refractivity contribution in [3.8, 4) is 0 Å². The molecule has 0 aromatic heterocycles. The third-order valence-corrected chi connectivity index (χ3v) is 4.18. The fourth-order valence-corrected chi connectivity index (χ4v) is 2.91. The fourth-order valence-electron chi connectivity index (χ4n) is 2.41. The monoisotopic (exact) mass is 274 g/mol. The van der Waals surface area contributed by atoms with Crippen LogP contribution < -0.4 is 0 Å². The predicted octanol–water partition coefficient (Wildman–Crippen LogP) is 1.47. The Hall–Kier alpha value is -0.0900. The van der Waals surface area contributed by atoms with Crippen LogP contribution in [0.4, 0.5) is 0 Å². The van der Waals surface area contributed by atoms with Crippen LogP contribution in [0.2, 0.25) is 0 Å². The van der Waals surface area contributed by atoms with Gasteiger partial charge in [-0.15, -0.1) is 0 Å². The van der Waals surface area contributed by atoms with Crippen LogP contribution in [0.25, 0.3) is 0 Å². The molecule has 0 aromatic carbocycles. The van der Waals surface area contributed by atoms with Gasteiger partial charge in [-0.2, -0.15) is 0 Å². The highest BCUT2D eigenvalue weighted by molar-refractivity contribution is 9.10. The second-order valence-corrected chi connectivity index (χ2v) is 5.59. The number of nitrogens with zero attached hydrogens (tertiary/aromatic N) is 2. The maximum Gasteiger partial charge on any atom is 0.236 e. The molecular formula is C11H19BrN2O. The van der Waals surface area contributed by atoms with Crippen molar-refractivity contribution in [2.24, 2.45) is 0 Å². The molecule has 2 aliphatic heterocycles. The van der Waals surface area contributed by atoms with Gasteiger partial charge in [-0.05, 0) is 45.3 Å². The van der Waals surface area contributed by atoms with Crippen LogP contribution in [0.5, 0.6) is 0 Å². The molecule has 1 atom stereocenters. The van der Waals surface area contributed by atoms with Gasteiger partial charge in [0.15, 0.2) is 0 Å². The highest BCUT2D eigenvalue weighted by atomic mass is 79.9. The Kier molecular flexibility index (Phi) is 4.03. The van der Waals surface area contributed by atoms with Gasteiger partial charge in [0.25, 0.3) is 0 Å². The maximum atomic E-state index is 11.6. The maximum absolute atomic E-state index is 11.6. The van der Waals surface area contributed by atoms with Gasteiger partial charge < -0.3 is 9.80 Å². The van der Waals surface area contributed by atoms with E-state index in [1.807, 2.05) is 4.90 Å². The molecule has 0 saturated carbocycles. The van der Waals surface area contributed by atoms with Gasteiger partial charge in [-0.3, -0.25) is 4.79 Å². The molecule has 0 radical (unpaired) electrons. The Labute approximate surface area is 99.9 Å². The van der Waals surface area contributed by atoms with Gasteiger partial charge in [-0.25, -0.2) is 0 Å². The molecule has 86 valence electrons. The lowest BCUT2D eigenvalue weighted by Gasteiger charge is -2.19. The van der Waals surface area contributed by atoms with E-state index in [1.54, 1.807) is 0 Å². The summed E-state index contributed by atoms with van der Waals surface area (Å²) in [5, 5.41) is 0. The van der Waals surface area contributed by atoms with Crippen LogP contribution in [0, 0.1) is 0 Å². The zero-order valence-electron chi connectivity index (χ0n) is 9.12. The van der Waals surface area contributed by atoms with Crippen molar-refractivity contribution in [2.45, 2.75) is 30.5 Å². The average molecular weight is 275 g/mol. The van der Waals surface area contributed by atoms with Crippen LogP contribution in [0.15, 0.2) is 0 Å². The first kappa shape index (κ1) is 11.4. The van der Waals surface area contributed by atoms with Crippen molar-refractivity contribution in [3.63, 3.8) is 0 Å². The minimum atomic E-state index is 0.0873. The van der Waals surface area contributed by atoms with E-state index in [1.165, 1.54) is 25.9 Å². The van der Waals surface area contributed by atoms with Crippen LogP contribution in [0.3, 0.4) is 0 Å². The van der Waals surface area contributed by atoms with E-state index in [0.29, 0.717) is 0 Å². The lowest BCUT2D eigenvalue weighted by atomic mass is 10.3. The average Bonchev–Trinajstić information content (AvgIpc) is 2.83. The standard InChI is InChI=1S/C11H19BrN2O/c12-10-4-9-14(11(10)15)8-3-7-13-5-1-2-6-13/h10H,1-9H2. The quantitative estimate of drug-likeness (QED) is 0.725. The molecule has 15 heavy (non-hydrogen) atoms. The Bertz CT molecular complexity index is 229. The molecular weight excluding hydrogens is 256 g/mol. The Morgan fingerprint density at radius 1 is 1.20 bits per heavy atom. The van der Waals surface area contributed by atoms with Gasteiger partial charge in [0.05, 0.1) is 4.83 Å². The summed E-state index contributed by atoms with van der Waals surface area (Å²) in [5.74, 6) is 0.288. The minimum absolute atomic E-state index is 0.0873. The lowest BCUT2D eigenvalue weighted by molar-refractivity contribution is -0.127. The summed E-state index contributed by atoms with van der Waals surface area (Å²) in [6.07, 6.45) is 4.81. The lowest BCUT2D eigenvalue weighted by Crippen LogP contribution is -2.31. The number of amides is 1. The molecule has 0 aromatic rings. The Balaban J connectivity index is 1.63. The summed E-state index contributed by atoms with van der Waals surface area (Å²) in [6, 6.07) is 0. The molecule has 0 aliphatic carbocycles. The molecule has 2 aliphatic rings. The number of carbonyl (C=O) groups is 1. The van der Waals surface area contributed by atoms with Crippen molar-refractivity contribution in [1.82, 2.24) is 9.80 Å². The molecule has 1 unspecified atom stereocenters. The van der Waals surface area contributed by atoms with Crippen molar-refractivity contribution < 1.29 is 4.79 Å². The second kappa shape index (κ2) is 5.30. The number of alkyl halides is 1. The van der Waals surface area contributed by atoms with E-state index < -0.39 is 0 Å². The SMILES string of the molecule is O=C1C(Br)CCN1CCCN1CCCC1. The molecule has 4 heteroatoms. The third-order valence-electron chi connectivity index (χ3n) is 3.33. The molecule has 2 rings (SSSR count). The second-order valence-electron chi connectivity index (χ2n) is 4.48. The van der Waals surface area contributed by atoms with E-state index in [-0.39, 0.29) is 10.7 Å². The van der Waals surface area contributed by atoms with E-state index in [0.717, 1.165) is 32.5 Å². The van der Waals surface area contributed by atoms with Gasteiger partial charge >= 0.3 is 0 Å².